The SMILES string of the molecule is CNC(=O)C(NC(C)=O)C(C)OCC1CCCC2(CC2)C1. The van der Waals surface area contributed by atoms with E-state index in [2.05, 4.69) is 10.6 Å². The Morgan fingerprint density at radius 2 is 2.05 bits per heavy atom. The quantitative estimate of drug-likeness (QED) is 0.782. The fraction of sp³-hybridized carbons (Fsp3) is 0.875. The van der Waals surface area contributed by atoms with Gasteiger partial charge in [-0.2, -0.15) is 0 Å². The molecular weight excluding hydrogens is 268 g/mol. The van der Waals surface area contributed by atoms with Gasteiger partial charge in [-0.1, -0.05) is 6.42 Å². The van der Waals surface area contributed by atoms with E-state index in [1.54, 1.807) is 7.05 Å². The number of likely N-dealkylation sites (N-methyl/N-ethyl adjacent to an activating group) is 1. The fourth-order valence-electron chi connectivity index (χ4n) is 3.51. The molecule has 1 spiro atoms. The number of nitrogens with one attached hydrogen (secondary N) is 2. The number of carbonyl (C=O) groups excluding carboxylic acids is 2. The minimum absolute atomic E-state index is 0.208. The topological polar surface area (TPSA) is 67.4 Å². The second-order valence-electron chi connectivity index (χ2n) is 6.79. The molecule has 2 fully saturated rings. The summed E-state index contributed by atoms with van der Waals surface area (Å²) >= 11 is 0. The van der Waals surface area contributed by atoms with Crippen molar-refractivity contribution in [1.29, 1.82) is 0 Å². The van der Waals surface area contributed by atoms with Crippen LogP contribution < -0.4 is 10.6 Å². The molecule has 3 atom stereocenters. The highest BCUT2D eigenvalue weighted by atomic mass is 16.5. The zero-order chi connectivity index (χ0) is 15.5. The number of amides is 2. The average molecular weight is 296 g/mol. The molecule has 3 unspecified atom stereocenters. The third kappa shape index (κ3) is 4.43. The first kappa shape index (κ1) is 16.3. The van der Waals surface area contributed by atoms with Gasteiger partial charge < -0.3 is 15.4 Å². The van der Waals surface area contributed by atoms with Gasteiger partial charge in [0.1, 0.15) is 6.04 Å². The van der Waals surface area contributed by atoms with Crippen molar-refractivity contribution >= 4 is 11.8 Å². The highest BCUT2D eigenvalue weighted by Crippen LogP contribution is 2.57. The van der Waals surface area contributed by atoms with Gasteiger partial charge >= 0.3 is 0 Å². The molecule has 2 saturated carbocycles. The van der Waals surface area contributed by atoms with Gasteiger partial charge in [0, 0.05) is 20.6 Å². The summed E-state index contributed by atoms with van der Waals surface area (Å²) in [5.41, 5.74) is 0.632. The largest absolute Gasteiger partial charge is 0.376 e. The van der Waals surface area contributed by atoms with Crippen molar-refractivity contribution in [1.82, 2.24) is 10.6 Å². The Labute approximate surface area is 127 Å². The van der Waals surface area contributed by atoms with Crippen LogP contribution in [0.4, 0.5) is 0 Å². The van der Waals surface area contributed by atoms with Crippen LogP contribution in [0.5, 0.6) is 0 Å². The van der Waals surface area contributed by atoms with E-state index >= 15 is 0 Å². The van der Waals surface area contributed by atoms with Gasteiger partial charge in [0.05, 0.1) is 6.10 Å². The predicted molar refractivity (Wildman–Crippen MR) is 80.7 cm³/mol. The molecule has 21 heavy (non-hydrogen) atoms. The molecule has 0 aromatic rings. The van der Waals surface area contributed by atoms with E-state index in [0.29, 0.717) is 17.9 Å². The van der Waals surface area contributed by atoms with Crippen LogP contribution in [-0.4, -0.2) is 37.6 Å². The van der Waals surface area contributed by atoms with Gasteiger partial charge in [-0.25, -0.2) is 0 Å². The molecule has 0 aromatic heterocycles. The molecule has 2 aliphatic rings. The van der Waals surface area contributed by atoms with Gasteiger partial charge in [0.25, 0.3) is 0 Å². The van der Waals surface area contributed by atoms with Crippen molar-refractivity contribution in [3.63, 3.8) is 0 Å². The summed E-state index contributed by atoms with van der Waals surface area (Å²) in [7, 11) is 1.57. The predicted octanol–water partition coefficient (Wildman–Crippen LogP) is 1.61. The van der Waals surface area contributed by atoms with Gasteiger partial charge in [0.2, 0.25) is 11.8 Å². The molecule has 5 nitrogen and oxygen atoms in total. The second kappa shape index (κ2) is 6.77. The van der Waals surface area contributed by atoms with Crippen LogP contribution in [-0.2, 0) is 14.3 Å². The molecule has 2 rings (SSSR count). The smallest absolute Gasteiger partial charge is 0.245 e. The fourth-order valence-corrected chi connectivity index (χ4v) is 3.51. The molecule has 2 amide bonds. The first-order valence-electron chi connectivity index (χ1n) is 8.06. The average Bonchev–Trinajstić information content (AvgIpc) is 3.20. The Morgan fingerprint density at radius 3 is 2.62 bits per heavy atom. The summed E-state index contributed by atoms with van der Waals surface area (Å²) in [6, 6.07) is -0.619. The second-order valence-corrected chi connectivity index (χ2v) is 6.79. The van der Waals surface area contributed by atoms with Gasteiger partial charge in [0.15, 0.2) is 0 Å². The monoisotopic (exact) mass is 296 g/mol. The van der Waals surface area contributed by atoms with E-state index in [1.165, 1.54) is 45.4 Å². The molecule has 0 saturated heterocycles. The molecule has 0 aliphatic heterocycles. The van der Waals surface area contributed by atoms with Crippen LogP contribution in [0.15, 0.2) is 0 Å². The maximum Gasteiger partial charge on any atom is 0.245 e. The number of hydrogen-bond acceptors (Lipinski definition) is 3. The third-order valence-electron chi connectivity index (χ3n) is 4.95. The summed E-state index contributed by atoms with van der Waals surface area (Å²) in [6.07, 6.45) is 7.62. The van der Waals surface area contributed by atoms with Crippen molar-refractivity contribution in [2.24, 2.45) is 11.3 Å². The van der Waals surface area contributed by atoms with E-state index in [0.717, 1.165) is 0 Å². The first-order chi connectivity index (χ1) is 9.96. The Kier molecular flexibility index (Phi) is 5.25. The molecule has 120 valence electrons. The highest BCUT2D eigenvalue weighted by Gasteiger charge is 2.45. The molecule has 0 radical (unpaired) electrons. The number of rotatable bonds is 6. The Bertz CT molecular complexity index is 393. The van der Waals surface area contributed by atoms with Crippen molar-refractivity contribution < 1.29 is 14.3 Å². The van der Waals surface area contributed by atoms with Crippen LogP contribution in [0.3, 0.4) is 0 Å². The van der Waals surface area contributed by atoms with E-state index in [9.17, 15) is 9.59 Å². The molecule has 2 aliphatic carbocycles. The van der Waals surface area contributed by atoms with Gasteiger partial charge in [-0.15, -0.1) is 0 Å². The first-order valence-corrected chi connectivity index (χ1v) is 8.06. The lowest BCUT2D eigenvalue weighted by Gasteiger charge is -2.31. The molecule has 0 bridgehead atoms. The van der Waals surface area contributed by atoms with E-state index in [1.807, 2.05) is 6.92 Å². The number of hydrogen-bond donors (Lipinski definition) is 2. The van der Waals surface area contributed by atoms with Crippen LogP contribution in [0.2, 0.25) is 0 Å². The van der Waals surface area contributed by atoms with Gasteiger partial charge in [-0.05, 0) is 50.4 Å². The van der Waals surface area contributed by atoms with Crippen LogP contribution in [0, 0.1) is 11.3 Å². The summed E-state index contributed by atoms with van der Waals surface area (Å²) in [5, 5.41) is 5.25. The molecule has 0 aromatic carbocycles. The Morgan fingerprint density at radius 1 is 1.33 bits per heavy atom. The summed E-state index contributed by atoms with van der Waals surface area (Å²) < 4.78 is 5.91. The van der Waals surface area contributed by atoms with Gasteiger partial charge in [-0.3, -0.25) is 9.59 Å². The number of ether oxygens (including phenoxy) is 1. The van der Waals surface area contributed by atoms with E-state index in [-0.39, 0.29) is 17.9 Å². The summed E-state index contributed by atoms with van der Waals surface area (Å²) in [5.74, 6) is 0.181. The maximum absolute atomic E-state index is 11.8. The van der Waals surface area contributed by atoms with E-state index in [4.69, 9.17) is 4.74 Å². The van der Waals surface area contributed by atoms with Crippen molar-refractivity contribution in [2.75, 3.05) is 13.7 Å². The lowest BCUT2D eigenvalue weighted by molar-refractivity contribution is -0.132. The highest BCUT2D eigenvalue weighted by molar-refractivity contribution is 5.87. The number of carbonyl (C=O) groups is 2. The normalized spacial score (nSPS) is 26.0. The van der Waals surface area contributed by atoms with Crippen molar-refractivity contribution in [3.8, 4) is 0 Å². The van der Waals surface area contributed by atoms with Crippen LogP contribution in [0.1, 0.15) is 52.4 Å². The minimum atomic E-state index is -0.619. The van der Waals surface area contributed by atoms with Crippen LogP contribution >= 0.6 is 0 Å². The maximum atomic E-state index is 11.8. The zero-order valence-corrected chi connectivity index (χ0v) is 13.4. The lowest BCUT2D eigenvalue weighted by Crippen LogP contribution is -2.52. The standard InChI is InChI=1S/C16H28N2O3/c1-11(14(15(20)17-3)18-12(2)19)21-10-13-5-4-6-16(9-13)7-8-16/h11,13-14H,4-10H2,1-3H3,(H,17,20)(H,18,19). The van der Waals surface area contributed by atoms with E-state index < -0.39 is 6.04 Å². The molecule has 5 heteroatoms. The van der Waals surface area contributed by atoms with Crippen molar-refractivity contribution in [3.05, 3.63) is 0 Å². The summed E-state index contributed by atoms with van der Waals surface area (Å²) in [6.45, 7) is 3.96. The zero-order valence-electron chi connectivity index (χ0n) is 13.4. The minimum Gasteiger partial charge on any atom is -0.376 e. The molecule has 2 N–H and O–H groups in total. The molecule has 0 heterocycles. The lowest BCUT2D eigenvalue weighted by atomic mass is 9.79. The van der Waals surface area contributed by atoms with Crippen molar-refractivity contribution in [2.45, 2.75) is 64.5 Å². The Hall–Kier alpha value is -1.10. The third-order valence-corrected chi connectivity index (χ3v) is 4.95. The van der Waals surface area contributed by atoms with Crippen LogP contribution in [0.25, 0.3) is 0 Å². The summed E-state index contributed by atoms with van der Waals surface area (Å²) in [4.78, 5) is 23.1. The Balaban J connectivity index is 1.81. The molecular formula is C16H28N2O3.